The Morgan fingerprint density at radius 3 is 2.57 bits per heavy atom. The van der Waals surface area contributed by atoms with Gasteiger partial charge in [0.15, 0.2) is 11.4 Å². The topological polar surface area (TPSA) is 97.9 Å². The van der Waals surface area contributed by atoms with Gasteiger partial charge in [0.2, 0.25) is 5.89 Å². The molecule has 0 atom stereocenters. The number of rotatable bonds is 7. The molecule has 0 spiro atoms. The molecule has 8 nitrogen and oxygen atoms in total. The van der Waals surface area contributed by atoms with Crippen molar-refractivity contribution in [1.82, 2.24) is 19.7 Å². The number of nitrogens with zero attached hydrogens (tertiary/aromatic N) is 4. The minimum Gasteiger partial charge on any atom is -0.444 e. The highest BCUT2D eigenvalue weighted by molar-refractivity contribution is 6.03. The molecule has 0 radical (unpaired) electrons. The molecule has 0 saturated heterocycles. The van der Waals surface area contributed by atoms with Crippen molar-refractivity contribution in [2.45, 2.75) is 12.6 Å². The standard InChI is InChI=1S/C21H14F6N6O2/c22-12-1-3-13(4-2-12)33-8-14(17(32-33)18(23)24)30-19(34)15-9-35-20(31-15)11-5-6-28-16(7-11)29-10-21(25,26)27/h1-9,18H,10H2,(H,28,29)(H,30,34). The molecule has 3 heterocycles. The van der Waals surface area contributed by atoms with Crippen LogP contribution in [0.15, 0.2) is 59.5 Å². The van der Waals surface area contributed by atoms with Crippen LogP contribution in [0.2, 0.25) is 0 Å². The number of amides is 1. The highest BCUT2D eigenvalue weighted by atomic mass is 19.4. The number of halogens is 6. The van der Waals surface area contributed by atoms with Gasteiger partial charge in [-0.2, -0.15) is 18.3 Å². The smallest absolute Gasteiger partial charge is 0.405 e. The summed E-state index contributed by atoms with van der Waals surface area (Å²) in [5, 5.41) is 8.13. The van der Waals surface area contributed by atoms with E-state index in [9.17, 15) is 31.1 Å². The first-order chi connectivity index (χ1) is 16.6. The molecular formula is C21H14F6N6O2. The minimum atomic E-state index is -4.45. The predicted molar refractivity (Wildman–Crippen MR) is 111 cm³/mol. The summed E-state index contributed by atoms with van der Waals surface area (Å²) < 4.78 is 83.5. The van der Waals surface area contributed by atoms with E-state index in [0.717, 1.165) is 29.3 Å². The van der Waals surface area contributed by atoms with E-state index >= 15 is 0 Å². The van der Waals surface area contributed by atoms with Crippen molar-refractivity contribution in [2.24, 2.45) is 0 Å². The van der Waals surface area contributed by atoms with Crippen molar-refractivity contribution in [3.05, 3.63) is 72.3 Å². The minimum absolute atomic E-state index is 0.0983. The van der Waals surface area contributed by atoms with Crippen molar-refractivity contribution in [1.29, 1.82) is 0 Å². The number of anilines is 2. The van der Waals surface area contributed by atoms with Crippen LogP contribution in [0.1, 0.15) is 22.6 Å². The molecule has 1 amide bonds. The highest BCUT2D eigenvalue weighted by Gasteiger charge is 2.27. The van der Waals surface area contributed by atoms with Crippen LogP contribution >= 0.6 is 0 Å². The quantitative estimate of drug-likeness (QED) is 0.341. The van der Waals surface area contributed by atoms with Gasteiger partial charge in [-0.25, -0.2) is 27.8 Å². The second-order valence-electron chi connectivity index (χ2n) is 7.04. The molecule has 3 aromatic heterocycles. The van der Waals surface area contributed by atoms with Crippen LogP contribution in [-0.4, -0.2) is 38.4 Å². The van der Waals surface area contributed by atoms with Gasteiger partial charge in [-0.1, -0.05) is 0 Å². The molecule has 2 N–H and O–H groups in total. The van der Waals surface area contributed by atoms with E-state index in [1.165, 1.54) is 30.5 Å². The summed E-state index contributed by atoms with van der Waals surface area (Å²) in [7, 11) is 0. The van der Waals surface area contributed by atoms with E-state index in [4.69, 9.17) is 4.42 Å². The average molecular weight is 496 g/mol. The number of benzene rings is 1. The molecule has 0 unspecified atom stereocenters. The normalized spacial score (nSPS) is 11.6. The number of hydrogen-bond donors (Lipinski definition) is 2. The number of carbonyl (C=O) groups is 1. The first-order valence-corrected chi connectivity index (χ1v) is 9.76. The summed E-state index contributed by atoms with van der Waals surface area (Å²) in [6.07, 6.45) is -4.17. The summed E-state index contributed by atoms with van der Waals surface area (Å²) >= 11 is 0. The Morgan fingerprint density at radius 1 is 1.14 bits per heavy atom. The molecule has 0 bridgehead atoms. The second-order valence-corrected chi connectivity index (χ2v) is 7.04. The molecular weight excluding hydrogens is 482 g/mol. The first kappa shape index (κ1) is 23.8. The Morgan fingerprint density at radius 2 is 1.89 bits per heavy atom. The van der Waals surface area contributed by atoms with E-state index in [1.54, 1.807) is 0 Å². The molecule has 35 heavy (non-hydrogen) atoms. The number of pyridine rings is 1. The van der Waals surface area contributed by atoms with E-state index < -0.39 is 36.6 Å². The lowest BCUT2D eigenvalue weighted by atomic mass is 10.2. The van der Waals surface area contributed by atoms with Crippen LogP contribution in [-0.2, 0) is 0 Å². The van der Waals surface area contributed by atoms with Gasteiger partial charge >= 0.3 is 6.18 Å². The zero-order valence-electron chi connectivity index (χ0n) is 17.4. The molecule has 182 valence electrons. The van der Waals surface area contributed by atoms with Crippen LogP contribution in [0, 0.1) is 5.82 Å². The van der Waals surface area contributed by atoms with Gasteiger partial charge in [-0.05, 0) is 36.4 Å². The molecule has 0 fully saturated rings. The van der Waals surface area contributed by atoms with Crippen molar-refractivity contribution < 1.29 is 35.6 Å². The van der Waals surface area contributed by atoms with Gasteiger partial charge in [0.1, 0.15) is 24.4 Å². The third-order valence-electron chi connectivity index (χ3n) is 4.50. The fraction of sp³-hybridized carbons (Fsp3) is 0.143. The fourth-order valence-corrected chi connectivity index (χ4v) is 2.92. The molecule has 0 aliphatic carbocycles. The molecule has 4 rings (SSSR count). The van der Waals surface area contributed by atoms with Crippen LogP contribution < -0.4 is 10.6 Å². The Balaban J connectivity index is 1.52. The number of alkyl halides is 5. The summed E-state index contributed by atoms with van der Waals surface area (Å²) in [6, 6.07) is 7.52. The summed E-state index contributed by atoms with van der Waals surface area (Å²) in [5.41, 5.74) is -0.801. The SMILES string of the molecule is O=C(Nc1cn(-c2ccc(F)cc2)nc1C(F)F)c1coc(-c2ccnc(NCC(F)(F)F)c2)n1. The molecule has 0 aliphatic rings. The van der Waals surface area contributed by atoms with Gasteiger partial charge in [0.05, 0.1) is 17.6 Å². The van der Waals surface area contributed by atoms with Crippen LogP contribution in [0.3, 0.4) is 0 Å². The number of aromatic nitrogens is 4. The van der Waals surface area contributed by atoms with Crippen LogP contribution in [0.4, 0.5) is 37.8 Å². The monoisotopic (exact) mass is 496 g/mol. The maximum Gasteiger partial charge on any atom is 0.405 e. The second kappa shape index (κ2) is 9.48. The highest BCUT2D eigenvalue weighted by Crippen LogP contribution is 2.28. The Kier molecular flexibility index (Phi) is 6.44. The van der Waals surface area contributed by atoms with E-state index in [0.29, 0.717) is 0 Å². The fourth-order valence-electron chi connectivity index (χ4n) is 2.92. The molecule has 4 aromatic rings. The maximum absolute atomic E-state index is 13.5. The van der Waals surface area contributed by atoms with Crippen LogP contribution in [0.25, 0.3) is 17.1 Å². The van der Waals surface area contributed by atoms with Gasteiger partial charge < -0.3 is 15.1 Å². The average Bonchev–Trinajstić information content (AvgIpc) is 3.46. The van der Waals surface area contributed by atoms with Crippen molar-refractivity contribution >= 4 is 17.4 Å². The Labute approximate surface area is 192 Å². The van der Waals surface area contributed by atoms with E-state index in [2.05, 4.69) is 25.7 Å². The number of carbonyl (C=O) groups excluding carboxylic acids is 1. The first-order valence-electron chi connectivity index (χ1n) is 9.76. The molecule has 14 heteroatoms. The maximum atomic E-state index is 13.5. The van der Waals surface area contributed by atoms with Gasteiger partial charge in [0.25, 0.3) is 12.3 Å². The molecule has 0 aliphatic heterocycles. The molecule has 0 saturated carbocycles. The van der Waals surface area contributed by atoms with Crippen molar-refractivity contribution in [2.75, 3.05) is 17.2 Å². The zero-order chi connectivity index (χ0) is 25.2. The summed E-state index contributed by atoms with van der Waals surface area (Å²) in [4.78, 5) is 20.3. The lowest BCUT2D eigenvalue weighted by molar-refractivity contribution is -0.115. The zero-order valence-corrected chi connectivity index (χ0v) is 17.4. The Bertz CT molecular complexity index is 1330. The lowest BCUT2D eigenvalue weighted by Crippen LogP contribution is -2.21. The summed E-state index contributed by atoms with van der Waals surface area (Å²) in [5.74, 6) is -1.63. The lowest BCUT2D eigenvalue weighted by Gasteiger charge is -2.08. The van der Waals surface area contributed by atoms with Gasteiger partial charge in [-0.3, -0.25) is 4.79 Å². The van der Waals surface area contributed by atoms with E-state index in [-0.39, 0.29) is 34.3 Å². The van der Waals surface area contributed by atoms with Gasteiger partial charge in [-0.15, -0.1) is 0 Å². The van der Waals surface area contributed by atoms with E-state index in [1.807, 2.05) is 0 Å². The van der Waals surface area contributed by atoms with Crippen molar-refractivity contribution in [3.63, 3.8) is 0 Å². The van der Waals surface area contributed by atoms with Crippen molar-refractivity contribution in [3.8, 4) is 17.1 Å². The van der Waals surface area contributed by atoms with Gasteiger partial charge in [0, 0.05) is 11.8 Å². The van der Waals surface area contributed by atoms with Crippen LogP contribution in [0.5, 0.6) is 0 Å². The largest absolute Gasteiger partial charge is 0.444 e. The third kappa shape index (κ3) is 5.77. The number of hydrogen-bond acceptors (Lipinski definition) is 6. The Hall–Kier alpha value is -4.36. The number of nitrogens with one attached hydrogen (secondary N) is 2. The molecule has 1 aromatic carbocycles. The third-order valence-corrected chi connectivity index (χ3v) is 4.50. The summed E-state index contributed by atoms with van der Waals surface area (Å²) in [6.45, 7) is -1.30. The predicted octanol–water partition coefficient (Wildman–Crippen LogP) is 5.23. The number of oxazole rings is 1.